The molecule has 1 aliphatic rings. The van der Waals surface area contributed by atoms with Gasteiger partial charge in [0.15, 0.2) is 5.60 Å². The summed E-state index contributed by atoms with van der Waals surface area (Å²) in [5.41, 5.74) is 3.52. The van der Waals surface area contributed by atoms with Gasteiger partial charge in [-0.2, -0.15) is 13.2 Å². The molecule has 4 N–H and O–H groups in total. The molecule has 4 heterocycles. The Kier molecular flexibility index (Phi) is 6.63. The first-order chi connectivity index (χ1) is 17.8. The summed E-state index contributed by atoms with van der Waals surface area (Å²) in [6.45, 7) is 0.669. The van der Waals surface area contributed by atoms with Crippen LogP contribution in [0.4, 0.5) is 19.0 Å². The van der Waals surface area contributed by atoms with Gasteiger partial charge < -0.3 is 10.8 Å². The number of rotatable bonds is 7. The van der Waals surface area contributed by atoms with Gasteiger partial charge in [0.1, 0.15) is 11.5 Å². The topological polar surface area (TPSA) is 131 Å². The summed E-state index contributed by atoms with van der Waals surface area (Å²) in [4.78, 5) is 12.8. The standard InChI is InChI=1S/C24H21ClF3N5O3S2/c1-23(34,24(26,27)28)12-6-8-30-17(10-12)21-22-14(7-9-31-21)15(11-37-22)19(33-38(35,36)13-2-3-13)20-16(25)4-5-18(29)32-20/h4-11,13,19,33-34H,2-3H2,1H3,(H2,29,32)/t19-,23-/m1/s1. The first-order valence-corrected chi connectivity index (χ1v) is 14.1. The number of hydrogen-bond donors (Lipinski definition) is 3. The maximum Gasteiger partial charge on any atom is 0.421 e. The minimum Gasteiger partial charge on any atom is -0.384 e. The SMILES string of the molecule is C[C@@](O)(c1ccnc(-c2nccc3c([C@@H](NS(=O)(=O)C4CC4)c4nc(N)ccc4Cl)csc23)c1)C(F)(F)F. The Morgan fingerprint density at radius 2 is 1.89 bits per heavy atom. The highest BCUT2D eigenvalue weighted by Crippen LogP contribution is 2.42. The number of aliphatic hydroxyl groups is 1. The van der Waals surface area contributed by atoms with Crippen LogP contribution in [0.1, 0.15) is 42.6 Å². The number of nitrogens with two attached hydrogens (primary N) is 1. The van der Waals surface area contributed by atoms with Crippen LogP contribution in [0.2, 0.25) is 5.02 Å². The summed E-state index contributed by atoms with van der Waals surface area (Å²) in [5, 5.41) is 12.1. The van der Waals surface area contributed by atoms with Crippen LogP contribution in [0.25, 0.3) is 21.5 Å². The minimum atomic E-state index is -4.91. The van der Waals surface area contributed by atoms with Gasteiger partial charge in [-0.05, 0) is 66.6 Å². The van der Waals surface area contributed by atoms with E-state index in [9.17, 15) is 26.7 Å². The van der Waals surface area contributed by atoms with Crippen molar-refractivity contribution in [3.05, 3.63) is 69.9 Å². The molecule has 0 aromatic carbocycles. The van der Waals surface area contributed by atoms with Crippen LogP contribution in [-0.2, 0) is 15.6 Å². The molecule has 5 rings (SSSR count). The Morgan fingerprint density at radius 1 is 1.18 bits per heavy atom. The summed E-state index contributed by atoms with van der Waals surface area (Å²) in [5.74, 6) is 0.152. The Bertz CT molecular complexity index is 1640. The molecule has 0 unspecified atom stereocenters. The number of sulfonamides is 1. The second kappa shape index (κ2) is 9.42. The number of alkyl halides is 3. The molecule has 0 radical (unpaired) electrons. The molecule has 1 aliphatic carbocycles. The van der Waals surface area contributed by atoms with E-state index in [0.29, 0.717) is 35.4 Å². The highest BCUT2D eigenvalue weighted by molar-refractivity contribution is 7.90. The van der Waals surface area contributed by atoms with E-state index in [1.54, 1.807) is 11.4 Å². The largest absolute Gasteiger partial charge is 0.421 e. The zero-order chi connectivity index (χ0) is 27.5. The molecule has 0 amide bonds. The fourth-order valence-corrected chi connectivity index (χ4v) is 6.82. The van der Waals surface area contributed by atoms with Gasteiger partial charge in [0, 0.05) is 17.8 Å². The molecule has 0 spiro atoms. The Balaban J connectivity index is 1.65. The van der Waals surface area contributed by atoms with Crippen molar-refractivity contribution in [3.8, 4) is 11.4 Å². The molecule has 8 nitrogen and oxygen atoms in total. The first-order valence-electron chi connectivity index (χ1n) is 11.3. The molecule has 14 heteroatoms. The van der Waals surface area contributed by atoms with E-state index in [4.69, 9.17) is 17.3 Å². The predicted octanol–water partition coefficient (Wildman–Crippen LogP) is 4.93. The third-order valence-corrected chi connectivity index (χ3v) is 9.61. The maximum atomic E-state index is 13.5. The summed E-state index contributed by atoms with van der Waals surface area (Å²) in [7, 11) is -3.70. The Labute approximate surface area is 224 Å². The van der Waals surface area contributed by atoms with Crippen molar-refractivity contribution in [3.63, 3.8) is 0 Å². The van der Waals surface area contributed by atoms with Crippen molar-refractivity contribution in [2.75, 3.05) is 5.73 Å². The number of pyridine rings is 3. The second-order valence-electron chi connectivity index (χ2n) is 9.13. The van der Waals surface area contributed by atoms with Crippen LogP contribution in [0, 0.1) is 0 Å². The second-order valence-corrected chi connectivity index (χ2v) is 12.4. The van der Waals surface area contributed by atoms with Crippen LogP contribution >= 0.6 is 22.9 Å². The van der Waals surface area contributed by atoms with E-state index in [1.165, 1.54) is 35.9 Å². The summed E-state index contributed by atoms with van der Waals surface area (Å²) < 4.78 is 69.5. The van der Waals surface area contributed by atoms with Gasteiger partial charge in [-0.25, -0.2) is 18.1 Å². The van der Waals surface area contributed by atoms with Gasteiger partial charge in [-0.3, -0.25) is 9.97 Å². The highest BCUT2D eigenvalue weighted by atomic mass is 35.5. The van der Waals surface area contributed by atoms with Gasteiger partial charge in [0.25, 0.3) is 0 Å². The lowest BCUT2D eigenvalue weighted by Crippen LogP contribution is -2.39. The third-order valence-electron chi connectivity index (χ3n) is 6.36. The molecule has 0 aliphatic heterocycles. The number of aromatic nitrogens is 3. The first kappa shape index (κ1) is 26.8. The molecule has 200 valence electrons. The molecular formula is C24H21ClF3N5O3S2. The van der Waals surface area contributed by atoms with Crippen LogP contribution in [0.3, 0.4) is 0 Å². The summed E-state index contributed by atoms with van der Waals surface area (Å²) in [6, 6.07) is 5.94. The number of nitrogen functional groups attached to an aromatic ring is 1. The lowest BCUT2D eigenvalue weighted by Gasteiger charge is -2.26. The van der Waals surface area contributed by atoms with Crippen molar-refractivity contribution < 1.29 is 26.7 Å². The summed E-state index contributed by atoms with van der Waals surface area (Å²) in [6.07, 6.45) is -1.20. The molecule has 4 aromatic heterocycles. The lowest BCUT2D eigenvalue weighted by molar-refractivity contribution is -0.258. The number of anilines is 1. The van der Waals surface area contributed by atoms with Crippen molar-refractivity contribution in [1.82, 2.24) is 19.7 Å². The van der Waals surface area contributed by atoms with Gasteiger partial charge in [0.05, 0.1) is 32.4 Å². The zero-order valence-electron chi connectivity index (χ0n) is 19.7. The molecule has 4 aromatic rings. The fraction of sp³-hybridized carbons (Fsp3) is 0.292. The normalized spacial score (nSPS) is 16.9. The van der Waals surface area contributed by atoms with E-state index in [-0.39, 0.29) is 27.9 Å². The molecule has 2 atom stereocenters. The highest BCUT2D eigenvalue weighted by Gasteiger charge is 2.51. The third kappa shape index (κ3) is 4.84. The number of nitrogens with zero attached hydrogens (tertiary/aromatic N) is 3. The van der Waals surface area contributed by atoms with E-state index in [2.05, 4.69) is 19.7 Å². The summed E-state index contributed by atoms with van der Waals surface area (Å²) >= 11 is 7.63. The average Bonchev–Trinajstić information content (AvgIpc) is 3.64. The maximum absolute atomic E-state index is 13.5. The molecule has 0 bridgehead atoms. The van der Waals surface area contributed by atoms with Gasteiger partial charge in [0.2, 0.25) is 10.0 Å². The Morgan fingerprint density at radius 3 is 2.58 bits per heavy atom. The van der Waals surface area contributed by atoms with Crippen molar-refractivity contribution in [2.24, 2.45) is 0 Å². The number of hydrogen-bond acceptors (Lipinski definition) is 8. The molecular weight excluding hydrogens is 563 g/mol. The van der Waals surface area contributed by atoms with Gasteiger partial charge in [-0.1, -0.05) is 11.6 Å². The molecule has 1 fully saturated rings. The quantitative estimate of drug-likeness (QED) is 0.281. The number of thiophene rings is 1. The smallest absolute Gasteiger partial charge is 0.384 e. The fourth-order valence-electron chi connectivity index (χ4n) is 3.99. The average molecular weight is 584 g/mol. The number of nitrogens with one attached hydrogen (secondary N) is 1. The van der Waals surface area contributed by atoms with E-state index in [0.717, 1.165) is 12.1 Å². The van der Waals surface area contributed by atoms with E-state index in [1.807, 2.05) is 0 Å². The van der Waals surface area contributed by atoms with E-state index < -0.39 is 38.7 Å². The number of fused-ring (bicyclic) bond motifs is 1. The van der Waals surface area contributed by atoms with Crippen LogP contribution in [0.5, 0.6) is 0 Å². The molecule has 1 saturated carbocycles. The van der Waals surface area contributed by atoms with E-state index >= 15 is 0 Å². The van der Waals surface area contributed by atoms with Crippen molar-refractivity contribution in [2.45, 2.75) is 42.8 Å². The van der Waals surface area contributed by atoms with Gasteiger partial charge >= 0.3 is 6.18 Å². The minimum absolute atomic E-state index is 0.112. The van der Waals surface area contributed by atoms with Crippen molar-refractivity contribution >= 4 is 48.9 Å². The molecule has 0 saturated heterocycles. The van der Waals surface area contributed by atoms with Crippen molar-refractivity contribution in [1.29, 1.82) is 0 Å². The monoisotopic (exact) mass is 583 g/mol. The van der Waals surface area contributed by atoms with Crippen LogP contribution < -0.4 is 10.5 Å². The predicted molar refractivity (Wildman–Crippen MR) is 139 cm³/mol. The molecule has 38 heavy (non-hydrogen) atoms. The van der Waals surface area contributed by atoms with Gasteiger partial charge in [-0.15, -0.1) is 11.3 Å². The van der Waals surface area contributed by atoms with Crippen LogP contribution in [0.15, 0.2) is 48.1 Å². The lowest BCUT2D eigenvalue weighted by atomic mass is 9.95. The Hall–Kier alpha value is -2.84. The zero-order valence-corrected chi connectivity index (χ0v) is 22.1. The van der Waals surface area contributed by atoms with Crippen LogP contribution in [-0.4, -0.2) is 39.9 Å². The number of halogens is 4.